The Bertz CT molecular complexity index is 575. The normalized spacial score (nSPS) is 12.4. The van der Waals surface area contributed by atoms with Gasteiger partial charge in [0.15, 0.2) is 0 Å². The van der Waals surface area contributed by atoms with Gasteiger partial charge in [0.1, 0.15) is 5.82 Å². The minimum atomic E-state index is -0.259. The molecule has 2 nitrogen and oxygen atoms in total. The van der Waals surface area contributed by atoms with E-state index in [-0.39, 0.29) is 11.9 Å². The summed E-state index contributed by atoms with van der Waals surface area (Å²) < 4.78 is 14.0. The molecule has 0 aliphatic heterocycles. The Morgan fingerprint density at radius 3 is 2.50 bits per heavy atom. The lowest BCUT2D eigenvalue weighted by molar-refractivity contribution is 0.519. The van der Waals surface area contributed by atoms with Crippen LogP contribution < -0.4 is 11.3 Å². The van der Waals surface area contributed by atoms with Crippen LogP contribution in [0.4, 0.5) is 4.39 Å². The van der Waals surface area contributed by atoms with Crippen molar-refractivity contribution in [3.63, 3.8) is 0 Å². The number of rotatable bonds is 5. The van der Waals surface area contributed by atoms with Crippen molar-refractivity contribution in [2.45, 2.75) is 18.9 Å². The number of hydrogen-bond acceptors (Lipinski definition) is 2. The van der Waals surface area contributed by atoms with E-state index in [9.17, 15) is 4.39 Å². The number of nitrogens with two attached hydrogens (primary N) is 1. The van der Waals surface area contributed by atoms with Crippen LogP contribution in [0.15, 0.2) is 46.9 Å². The van der Waals surface area contributed by atoms with Gasteiger partial charge >= 0.3 is 0 Å². The highest BCUT2D eigenvalue weighted by Crippen LogP contribution is 2.22. The molecule has 106 valence electrons. The van der Waals surface area contributed by atoms with Crippen molar-refractivity contribution in [2.75, 3.05) is 0 Å². The number of benzene rings is 2. The summed E-state index contributed by atoms with van der Waals surface area (Å²) in [6, 6.07) is 12.7. The third-order valence-corrected chi connectivity index (χ3v) is 4.27. The monoisotopic (exact) mass is 356 g/mol. The maximum Gasteiger partial charge on any atom is 0.137 e. The summed E-state index contributed by atoms with van der Waals surface area (Å²) in [5, 5.41) is 0.707. The standard InChI is InChI=1S/C15H15BrClFN2/c16-15-11(2-1-3-14(15)18)9-13(20-19)8-10-4-6-12(17)7-5-10/h1-7,13,20H,8-9,19H2. The van der Waals surface area contributed by atoms with E-state index in [4.69, 9.17) is 17.4 Å². The predicted molar refractivity (Wildman–Crippen MR) is 84.1 cm³/mol. The second kappa shape index (κ2) is 7.18. The van der Waals surface area contributed by atoms with Crippen LogP contribution in [-0.4, -0.2) is 6.04 Å². The van der Waals surface area contributed by atoms with Gasteiger partial charge in [-0.1, -0.05) is 35.9 Å². The second-order valence-electron chi connectivity index (χ2n) is 4.61. The molecule has 5 heteroatoms. The van der Waals surface area contributed by atoms with Crippen LogP contribution in [0.3, 0.4) is 0 Å². The Kier molecular flexibility index (Phi) is 5.54. The van der Waals surface area contributed by atoms with E-state index in [1.165, 1.54) is 6.07 Å². The molecule has 20 heavy (non-hydrogen) atoms. The molecule has 0 amide bonds. The van der Waals surface area contributed by atoms with Gasteiger partial charge in [0.25, 0.3) is 0 Å². The lowest BCUT2D eigenvalue weighted by Crippen LogP contribution is -2.38. The second-order valence-corrected chi connectivity index (χ2v) is 5.84. The lowest BCUT2D eigenvalue weighted by atomic mass is 9.99. The van der Waals surface area contributed by atoms with Crippen LogP contribution >= 0.6 is 27.5 Å². The molecule has 0 aliphatic carbocycles. The molecule has 0 saturated carbocycles. The molecular formula is C15H15BrClFN2. The van der Waals surface area contributed by atoms with Gasteiger partial charge in [0, 0.05) is 11.1 Å². The summed E-state index contributed by atoms with van der Waals surface area (Å²) in [6.45, 7) is 0. The molecule has 2 aromatic carbocycles. The van der Waals surface area contributed by atoms with Crippen molar-refractivity contribution in [3.05, 3.63) is 68.9 Å². The molecular weight excluding hydrogens is 343 g/mol. The van der Waals surface area contributed by atoms with Crippen molar-refractivity contribution in [1.82, 2.24) is 5.43 Å². The molecule has 0 aromatic heterocycles. The Morgan fingerprint density at radius 2 is 1.85 bits per heavy atom. The fraction of sp³-hybridized carbons (Fsp3) is 0.200. The molecule has 0 saturated heterocycles. The van der Waals surface area contributed by atoms with Gasteiger partial charge in [0.2, 0.25) is 0 Å². The van der Waals surface area contributed by atoms with Gasteiger partial charge in [-0.25, -0.2) is 4.39 Å². The number of halogens is 3. The van der Waals surface area contributed by atoms with E-state index >= 15 is 0 Å². The van der Waals surface area contributed by atoms with E-state index in [1.807, 2.05) is 30.3 Å². The van der Waals surface area contributed by atoms with Crippen LogP contribution in [0.5, 0.6) is 0 Å². The number of nitrogens with one attached hydrogen (secondary N) is 1. The first kappa shape index (κ1) is 15.4. The minimum Gasteiger partial charge on any atom is -0.271 e. The van der Waals surface area contributed by atoms with Crippen molar-refractivity contribution in [2.24, 2.45) is 5.84 Å². The van der Waals surface area contributed by atoms with Crippen molar-refractivity contribution >= 4 is 27.5 Å². The fourth-order valence-electron chi connectivity index (χ4n) is 2.07. The number of hydrazine groups is 1. The Balaban J connectivity index is 2.09. The van der Waals surface area contributed by atoms with Crippen LogP contribution in [0.1, 0.15) is 11.1 Å². The van der Waals surface area contributed by atoms with Crippen LogP contribution in [0.25, 0.3) is 0 Å². The third kappa shape index (κ3) is 4.03. The van der Waals surface area contributed by atoms with E-state index < -0.39 is 0 Å². The molecule has 0 radical (unpaired) electrons. The van der Waals surface area contributed by atoms with Crippen LogP contribution in [-0.2, 0) is 12.8 Å². The summed E-state index contributed by atoms with van der Waals surface area (Å²) >= 11 is 9.13. The Morgan fingerprint density at radius 1 is 1.15 bits per heavy atom. The predicted octanol–water partition coefficient (Wildman–Crippen LogP) is 3.86. The van der Waals surface area contributed by atoms with Gasteiger partial charge in [0.05, 0.1) is 4.47 Å². The van der Waals surface area contributed by atoms with Gasteiger partial charge in [-0.15, -0.1) is 0 Å². The largest absolute Gasteiger partial charge is 0.271 e. The van der Waals surface area contributed by atoms with Crippen molar-refractivity contribution in [3.8, 4) is 0 Å². The van der Waals surface area contributed by atoms with Crippen LogP contribution in [0.2, 0.25) is 5.02 Å². The van der Waals surface area contributed by atoms with E-state index in [0.29, 0.717) is 15.9 Å². The summed E-state index contributed by atoms with van der Waals surface area (Å²) in [4.78, 5) is 0. The zero-order chi connectivity index (χ0) is 14.5. The van der Waals surface area contributed by atoms with Crippen molar-refractivity contribution < 1.29 is 4.39 Å². The SMILES string of the molecule is NNC(Cc1ccc(Cl)cc1)Cc1cccc(F)c1Br. The molecule has 1 atom stereocenters. The molecule has 0 heterocycles. The topological polar surface area (TPSA) is 38.0 Å². The Labute approximate surface area is 131 Å². The van der Waals surface area contributed by atoms with Gasteiger partial charge in [-0.05, 0) is 58.1 Å². The summed E-state index contributed by atoms with van der Waals surface area (Å²) in [5.41, 5.74) is 4.80. The molecule has 2 rings (SSSR count). The van der Waals surface area contributed by atoms with Gasteiger partial charge in [-0.2, -0.15) is 0 Å². The van der Waals surface area contributed by atoms with Crippen LogP contribution in [0, 0.1) is 5.82 Å². The zero-order valence-electron chi connectivity index (χ0n) is 10.7. The van der Waals surface area contributed by atoms with E-state index in [2.05, 4.69) is 21.4 Å². The first-order chi connectivity index (χ1) is 9.60. The average molecular weight is 358 g/mol. The number of hydrogen-bond donors (Lipinski definition) is 2. The fourth-order valence-corrected chi connectivity index (χ4v) is 2.62. The summed E-state index contributed by atoms with van der Waals surface area (Å²) in [6.07, 6.45) is 1.38. The van der Waals surface area contributed by atoms with Gasteiger partial charge in [-0.3, -0.25) is 11.3 Å². The molecule has 0 fully saturated rings. The van der Waals surface area contributed by atoms with E-state index in [1.54, 1.807) is 6.07 Å². The maximum absolute atomic E-state index is 13.5. The first-order valence-corrected chi connectivity index (χ1v) is 7.40. The maximum atomic E-state index is 13.5. The van der Waals surface area contributed by atoms with Gasteiger partial charge < -0.3 is 0 Å². The first-order valence-electron chi connectivity index (χ1n) is 6.23. The molecule has 0 bridgehead atoms. The highest BCUT2D eigenvalue weighted by Gasteiger charge is 2.13. The molecule has 1 unspecified atom stereocenters. The average Bonchev–Trinajstić information content (AvgIpc) is 2.45. The highest BCUT2D eigenvalue weighted by atomic mass is 79.9. The third-order valence-electron chi connectivity index (χ3n) is 3.13. The Hall–Kier alpha value is -0.940. The molecule has 3 N–H and O–H groups in total. The van der Waals surface area contributed by atoms with E-state index in [0.717, 1.165) is 17.5 Å². The minimum absolute atomic E-state index is 0.0225. The molecule has 2 aromatic rings. The highest BCUT2D eigenvalue weighted by molar-refractivity contribution is 9.10. The lowest BCUT2D eigenvalue weighted by Gasteiger charge is -2.17. The quantitative estimate of drug-likeness (QED) is 0.630. The zero-order valence-corrected chi connectivity index (χ0v) is 13.1. The summed E-state index contributed by atoms with van der Waals surface area (Å²) in [7, 11) is 0. The molecule has 0 aliphatic rings. The summed E-state index contributed by atoms with van der Waals surface area (Å²) in [5.74, 6) is 5.34. The molecule has 0 spiro atoms. The smallest absolute Gasteiger partial charge is 0.137 e. The van der Waals surface area contributed by atoms with Crippen molar-refractivity contribution in [1.29, 1.82) is 0 Å².